The van der Waals surface area contributed by atoms with Gasteiger partial charge in [0.15, 0.2) is 0 Å². The fourth-order valence-corrected chi connectivity index (χ4v) is 1.20. The summed E-state index contributed by atoms with van der Waals surface area (Å²) < 4.78 is 0. The molecule has 13 heavy (non-hydrogen) atoms. The second kappa shape index (κ2) is 4.62. The number of rotatable bonds is 3. The average Bonchev–Trinajstić information content (AvgIpc) is 2.18. The van der Waals surface area contributed by atoms with E-state index in [1.807, 2.05) is 37.3 Å². The van der Waals surface area contributed by atoms with Gasteiger partial charge in [0.1, 0.15) is 0 Å². The molecule has 0 saturated heterocycles. The fourth-order valence-electron chi connectivity index (χ4n) is 1.20. The number of hydrogen-bond acceptors (Lipinski definition) is 2. The molecule has 3 nitrogen and oxygen atoms in total. The summed E-state index contributed by atoms with van der Waals surface area (Å²) in [6.07, 6.45) is 0.726. The van der Waals surface area contributed by atoms with E-state index in [4.69, 9.17) is 5.84 Å². The average molecular weight is 178 g/mol. The number of hydrogen-bond donors (Lipinski definition) is 2. The van der Waals surface area contributed by atoms with Gasteiger partial charge in [-0.05, 0) is 12.0 Å². The maximum atomic E-state index is 11.1. The van der Waals surface area contributed by atoms with Crippen LogP contribution in [-0.4, -0.2) is 5.91 Å². The number of carbonyl (C=O) groups is 1. The number of carbonyl (C=O) groups excluding carboxylic acids is 1. The maximum Gasteiger partial charge on any atom is 0.237 e. The van der Waals surface area contributed by atoms with Crippen LogP contribution in [0.2, 0.25) is 0 Å². The summed E-state index contributed by atoms with van der Waals surface area (Å²) in [6, 6.07) is 9.88. The Morgan fingerprint density at radius 2 is 2.08 bits per heavy atom. The summed E-state index contributed by atoms with van der Waals surface area (Å²) in [5, 5.41) is 0. The molecular formula is C10H14N2O. The van der Waals surface area contributed by atoms with Crippen LogP contribution in [-0.2, 0) is 11.2 Å². The molecule has 0 aliphatic rings. The molecule has 0 aliphatic carbocycles. The molecule has 0 radical (unpaired) electrons. The normalized spacial score (nSPS) is 12.2. The van der Waals surface area contributed by atoms with E-state index in [1.165, 1.54) is 0 Å². The van der Waals surface area contributed by atoms with Crippen molar-refractivity contribution in [1.82, 2.24) is 5.43 Å². The quantitative estimate of drug-likeness (QED) is 0.409. The lowest BCUT2D eigenvalue weighted by Gasteiger charge is -2.08. The number of nitrogens with one attached hydrogen (secondary N) is 1. The van der Waals surface area contributed by atoms with E-state index in [0.717, 1.165) is 12.0 Å². The summed E-state index contributed by atoms with van der Waals surface area (Å²) >= 11 is 0. The number of benzene rings is 1. The highest BCUT2D eigenvalue weighted by Crippen LogP contribution is 2.07. The minimum absolute atomic E-state index is 0.0765. The Balaban J connectivity index is 2.55. The third-order valence-corrected chi connectivity index (χ3v) is 1.97. The predicted molar refractivity (Wildman–Crippen MR) is 51.6 cm³/mol. The zero-order valence-electron chi connectivity index (χ0n) is 7.66. The summed E-state index contributed by atoms with van der Waals surface area (Å²) in [6.45, 7) is 1.86. The lowest BCUT2D eigenvalue weighted by atomic mass is 10.0. The van der Waals surface area contributed by atoms with Gasteiger partial charge >= 0.3 is 0 Å². The van der Waals surface area contributed by atoms with Gasteiger partial charge in [-0.2, -0.15) is 0 Å². The van der Waals surface area contributed by atoms with Crippen LogP contribution >= 0.6 is 0 Å². The van der Waals surface area contributed by atoms with Crippen LogP contribution in [0.3, 0.4) is 0 Å². The minimum atomic E-state index is -0.121. The van der Waals surface area contributed by atoms with Gasteiger partial charge in [-0.15, -0.1) is 0 Å². The van der Waals surface area contributed by atoms with E-state index in [-0.39, 0.29) is 11.8 Å². The van der Waals surface area contributed by atoms with Crippen molar-refractivity contribution in [3.05, 3.63) is 35.9 Å². The molecule has 0 aliphatic heterocycles. The van der Waals surface area contributed by atoms with Crippen molar-refractivity contribution < 1.29 is 4.79 Å². The number of hydrazine groups is 1. The van der Waals surface area contributed by atoms with E-state index in [9.17, 15) is 4.79 Å². The molecule has 70 valence electrons. The first-order chi connectivity index (χ1) is 6.24. The van der Waals surface area contributed by atoms with Gasteiger partial charge in [-0.3, -0.25) is 10.2 Å². The first-order valence-corrected chi connectivity index (χ1v) is 4.28. The van der Waals surface area contributed by atoms with Crippen LogP contribution in [0.1, 0.15) is 12.5 Å². The standard InChI is InChI=1S/C10H14N2O/c1-8(10(13)12-11)7-9-5-3-2-4-6-9/h2-6,8H,7,11H2,1H3,(H,12,13)/t8-/m0/s1. The van der Waals surface area contributed by atoms with Crippen molar-refractivity contribution in [1.29, 1.82) is 0 Å². The first kappa shape index (κ1) is 9.74. The Kier molecular flexibility index (Phi) is 3.46. The Morgan fingerprint density at radius 3 is 2.62 bits per heavy atom. The van der Waals surface area contributed by atoms with E-state index in [1.54, 1.807) is 0 Å². The van der Waals surface area contributed by atoms with E-state index >= 15 is 0 Å². The molecule has 1 rings (SSSR count). The Labute approximate surface area is 77.9 Å². The molecule has 0 unspecified atom stereocenters. The lowest BCUT2D eigenvalue weighted by molar-refractivity contribution is -0.124. The van der Waals surface area contributed by atoms with E-state index < -0.39 is 0 Å². The molecule has 1 aromatic rings. The fraction of sp³-hybridized carbons (Fsp3) is 0.300. The highest BCUT2D eigenvalue weighted by molar-refractivity contribution is 5.77. The molecule has 0 spiro atoms. The molecule has 0 aromatic heterocycles. The third-order valence-electron chi connectivity index (χ3n) is 1.97. The van der Waals surface area contributed by atoms with Gasteiger partial charge in [-0.25, -0.2) is 5.84 Å². The van der Waals surface area contributed by atoms with Gasteiger partial charge in [-0.1, -0.05) is 37.3 Å². The van der Waals surface area contributed by atoms with Crippen LogP contribution in [0.4, 0.5) is 0 Å². The minimum Gasteiger partial charge on any atom is -0.294 e. The van der Waals surface area contributed by atoms with Crippen molar-refractivity contribution >= 4 is 5.91 Å². The topological polar surface area (TPSA) is 55.1 Å². The zero-order chi connectivity index (χ0) is 9.68. The molecule has 1 aromatic carbocycles. The van der Waals surface area contributed by atoms with Crippen LogP contribution < -0.4 is 11.3 Å². The van der Waals surface area contributed by atoms with Crippen LogP contribution in [0, 0.1) is 5.92 Å². The molecule has 0 bridgehead atoms. The van der Waals surface area contributed by atoms with E-state index in [2.05, 4.69) is 5.43 Å². The molecule has 3 heteroatoms. The highest BCUT2D eigenvalue weighted by atomic mass is 16.2. The van der Waals surface area contributed by atoms with Crippen molar-refractivity contribution in [3.8, 4) is 0 Å². The second-order valence-electron chi connectivity index (χ2n) is 3.10. The summed E-state index contributed by atoms with van der Waals surface area (Å²) in [7, 11) is 0. The van der Waals surface area contributed by atoms with Gasteiger partial charge < -0.3 is 0 Å². The first-order valence-electron chi connectivity index (χ1n) is 4.28. The van der Waals surface area contributed by atoms with Gasteiger partial charge in [0.05, 0.1) is 0 Å². The zero-order valence-corrected chi connectivity index (χ0v) is 7.66. The maximum absolute atomic E-state index is 11.1. The molecule has 1 amide bonds. The van der Waals surface area contributed by atoms with Crippen molar-refractivity contribution in [2.45, 2.75) is 13.3 Å². The summed E-state index contributed by atoms with van der Waals surface area (Å²) in [4.78, 5) is 11.1. The highest BCUT2D eigenvalue weighted by Gasteiger charge is 2.11. The van der Waals surface area contributed by atoms with Crippen LogP contribution in [0.5, 0.6) is 0 Å². The Bertz CT molecular complexity index is 272. The summed E-state index contributed by atoms with van der Waals surface area (Å²) in [5.74, 6) is 4.83. The number of nitrogens with two attached hydrogens (primary N) is 1. The Morgan fingerprint density at radius 1 is 1.46 bits per heavy atom. The molecule has 0 heterocycles. The smallest absolute Gasteiger partial charge is 0.237 e. The molecule has 0 fully saturated rings. The Hall–Kier alpha value is -1.35. The van der Waals surface area contributed by atoms with Gasteiger partial charge in [0.25, 0.3) is 0 Å². The summed E-state index contributed by atoms with van der Waals surface area (Å²) in [5.41, 5.74) is 3.30. The van der Waals surface area contributed by atoms with Gasteiger partial charge in [0, 0.05) is 5.92 Å². The molecule has 1 atom stereocenters. The van der Waals surface area contributed by atoms with Crippen LogP contribution in [0.15, 0.2) is 30.3 Å². The second-order valence-corrected chi connectivity index (χ2v) is 3.10. The molecule has 3 N–H and O–H groups in total. The number of amides is 1. The lowest BCUT2D eigenvalue weighted by Crippen LogP contribution is -2.35. The predicted octanol–water partition coefficient (Wildman–Crippen LogP) is 0.855. The van der Waals surface area contributed by atoms with Crippen molar-refractivity contribution in [3.63, 3.8) is 0 Å². The SMILES string of the molecule is C[C@@H](Cc1ccccc1)C(=O)NN. The van der Waals surface area contributed by atoms with Crippen molar-refractivity contribution in [2.24, 2.45) is 11.8 Å². The van der Waals surface area contributed by atoms with E-state index in [0.29, 0.717) is 0 Å². The third kappa shape index (κ3) is 2.87. The van der Waals surface area contributed by atoms with Gasteiger partial charge in [0.2, 0.25) is 5.91 Å². The molecular weight excluding hydrogens is 164 g/mol. The van der Waals surface area contributed by atoms with Crippen molar-refractivity contribution in [2.75, 3.05) is 0 Å². The monoisotopic (exact) mass is 178 g/mol. The van der Waals surface area contributed by atoms with Crippen LogP contribution in [0.25, 0.3) is 0 Å². The largest absolute Gasteiger partial charge is 0.294 e. The molecule has 0 saturated carbocycles.